The highest BCUT2D eigenvalue weighted by atomic mass is 35.5. The summed E-state index contributed by atoms with van der Waals surface area (Å²) in [5.74, 6) is -0.155. The highest BCUT2D eigenvalue weighted by Crippen LogP contribution is 2.28. The van der Waals surface area contributed by atoms with Gasteiger partial charge in [-0.05, 0) is 17.9 Å². The number of rotatable bonds is 2. The summed E-state index contributed by atoms with van der Waals surface area (Å²) in [7, 11) is -3.67. The van der Waals surface area contributed by atoms with Crippen LogP contribution in [-0.2, 0) is 10.2 Å². The number of hydrogen-bond acceptors (Lipinski definition) is 4. The van der Waals surface area contributed by atoms with Crippen LogP contribution >= 0.6 is 22.9 Å². The van der Waals surface area contributed by atoms with Gasteiger partial charge in [0.05, 0.1) is 5.02 Å². The van der Waals surface area contributed by atoms with Crippen molar-refractivity contribution in [2.45, 2.75) is 6.92 Å². The van der Waals surface area contributed by atoms with Crippen molar-refractivity contribution >= 4 is 39.1 Å². The van der Waals surface area contributed by atoms with Gasteiger partial charge >= 0.3 is 0 Å². The molecule has 0 aliphatic carbocycles. The summed E-state index contributed by atoms with van der Waals surface area (Å²) in [6.45, 7) is 2.92. The molecule has 2 N–H and O–H groups in total. The third kappa shape index (κ3) is 3.09. The van der Waals surface area contributed by atoms with E-state index in [-0.39, 0.29) is 19.0 Å². The quantitative estimate of drug-likeness (QED) is 0.868. The maximum absolute atomic E-state index is 12.2. The minimum absolute atomic E-state index is 0.155. The van der Waals surface area contributed by atoms with Gasteiger partial charge in [-0.25, -0.2) is 5.14 Å². The molecule has 0 bridgehead atoms. The number of amides is 1. The Morgan fingerprint density at radius 3 is 2.37 bits per heavy atom. The lowest BCUT2D eigenvalue weighted by Gasteiger charge is -2.32. The van der Waals surface area contributed by atoms with Crippen molar-refractivity contribution in [1.82, 2.24) is 9.21 Å². The zero-order valence-corrected chi connectivity index (χ0v) is 12.7. The smallest absolute Gasteiger partial charge is 0.277 e. The topological polar surface area (TPSA) is 83.7 Å². The van der Waals surface area contributed by atoms with E-state index >= 15 is 0 Å². The van der Waals surface area contributed by atoms with Crippen LogP contribution in [0, 0.1) is 6.92 Å². The summed E-state index contributed by atoms with van der Waals surface area (Å²) >= 11 is 7.37. The fourth-order valence-electron chi connectivity index (χ4n) is 1.86. The molecule has 6 nitrogen and oxygen atoms in total. The number of carbonyl (C=O) groups excluding carboxylic acids is 1. The van der Waals surface area contributed by atoms with Gasteiger partial charge in [-0.3, -0.25) is 4.79 Å². The van der Waals surface area contributed by atoms with E-state index in [4.69, 9.17) is 16.7 Å². The fourth-order valence-corrected chi connectivity index (χ4v) is 3.78. The summed E-state index contributed by atoms with van der Waals surface area (Å²) < 4.78 is 23.5. The first-order valence-corrected chi connectivity index (χ1v) is 8.37. The van der Waals surface area contributed by atoms with Crippen LogP contribution in [0.4, 0.5) is 0 Å². The highest BCUT2D eigenvalue weighted by Gasteiger charge is 2.28. The van der Waals surface area contributed by atoms with Crippen molar-refractivity contribution in [3.63, 3.8) is 0 Å². The summed E-state index contributed by atoms with van der Waals surface area (Å²) in [5.41, 5.74) is 0.873. The average molecular weight is 324 g/mol. The van der Waals surface area contributed by atoms with E-state index in [9.17, 15) is 13.2 Å². The maximum atomic E-state index is 12.2. The molecule has 0 spiro atoms. The number of piperazine rings is 1. The van der Waals surface area contributed by atoms with Crippen LogP contribution in [0.2, 0.25) is 5.02 Å². The molecular weight excluding hydrogens is 310 g/mol. The van der Waals surface area contributed by atoms with Crippen LogP contribution in [0.1, 0.15) is 15.2 Å². The van der Waals surface area contributed by atoms with Gasteiger partial charge in [0.25, 0.3) is 16.1 Å². The second-order valence-electron chi connectivity index (χ2n) is 4.30. The van der Waals surface area contributed by atoms with Gasteiger partial charge in [0, 0.05) is 26.2 Å². The molecule has 1 aromatic rings. The molecule has 1 aromatic heterocycles. The van der Waals surface area contributed by atoms with Gasteiger partial charge in [-0.2, -0.15) is 12.7 Å². The zero-order chi connectivity index (χ0) is 14.2. The molecule has 0 saturated carbocycles. The van der Waals surface area contributed by atoms with Gasteiger partial charge in [0.1, 0.15) is 4.88 Å². The van der Waals surface area contributed by atoms with Crippen LogP contribution in [0.25, 0.3) is 0 Å². The number of nitrogens with zero attached hydrogens (tertiary/aromatic N) is 2. The molecule has 1 fully saturated rings. The van der Waals surface area contributed by atoms with Crippen LogP contribution in [-0.4, -0.2) is 49.7 Å². The second-order valence-corrected chi connectivity index (χ2v) is 7.10. The van der Waals surface area contributed by atoms with E-state index in [1.807, 2.05) is 12.3 Å². The molecule has 0 aromatic carbocycles. The Morgan fingerprint density at radius 2 is 1.95 bits per heavy atom. The van der Waals surface area contributed by atoms with Crippen LogP contribution in [0.3, 0.4) is 0 Å². The monoisotopic (exact) mass is 323 g/mol. The minimum Gasteiger partial charge on any atom is -0.335 e. The van der Waals surface area contributed by atoms with Gasteiger partial charge in [0.2, 0.25) is 0 Å². The summed E-state index contributed by atoms with van der Waals surface area (Å²) in [5, 5.41) is 7.35. The predicted octanol–water partition coefficient (Wildman–Crippen LogP) is 0.671. The summed E-state index contributed by atoms with van der Waals surface area (Å²) in [6, 6.07) is 0. The lowest BCUT2D eigenvalue weighted by Crippen LogP contribution is -2.52. The third-order valence-electron chi connectivity index (χ3n) is 2.98. The fraction of sp³-hybridized carbons (Fsp3) is 0.500. The molecule has 9 heteroatoms. The first kappa shape index (κ1) is 14.7. The molecule has 1 amide bonds. The highest BCUT2D eigenvalue weighted by molar-refractivity contribution is 7.86. The number of hydrogen-bond donors (Lipinski definition) is 1. The van der Waals surface area contributed by atoms with Crippen molar-refractivity contribution in [2.24, 2.45) is 5.14 Å². The minimum atomic E-state index is -3.67. The molecule has 1 aliphatic rings. The Labute approximate surface area is 120 Å². The molecule has 19 heavy (non-hydrogen) atoms. The summed E-state index contributed by atoms with van der Waals surface area (Å²) in [6.07, 6.45) is 0. The van der Waals surface area contributed by atoms with E-state index in [1.165, 1.54) is 11.3 Å². The normalized spacial score (nSPS) is 17.7. The largest absolute Gasteiger partial charge is 0.335 e. The number of aryl methyl sites for hydroxylation is 1. The molecule has 1 saturated heterocycles. The van der Waals surface area contributed by atoms with E-state index in [2.05, 4.69) is 0 Å². The van der Waals surface area contributed by atoms with Crippen molar-refractivity contribution in [2.75, 3.05) is 26.2 Å². The molecular formula is C10H14ClN3O3S2. The number of carbonyl (C=O) groups is 1. The Balaban J connectivity index is 2.06. The van der Waals surface area contributed by atoms with Crippen molar-refractivity contribution in [3.05, 3.63) is 20.8 Å². The van der Waals surface area contributed by atoms with Crippen LogP contribution in [0.5, 0.6) is 0 Å². The van der Waals surface area contributed by atoms with E-state index in [0.717, 1.165) is 9.87 Å². The molecule has 2 heterocycles. The van der Waals surface area contributed by atoms with Crippen molar-refractivity contribution in [3.8, 4) is 0 Å². The Kier molecular flexibility index (Phi) is 4.17. The zero-order valence-electron chi connectivity index (χ0n) is 10.3. The molecule has 0 radical (unpaired) electrons. The Hall–Kier alpha value is -0.670. The van der Waals surface area contributed by atoms with Crippen LogP contribution < -0.4 is 5.14 Å². The van der Waals surface area contributed by atoms with Gasteiger partial charge in [-0.1, -0.05) is 11.6 Å². The van der Waals surface area contributed by atoms with E-state index < -0.39 is 10.2 Å². The van der Waals surface area contributed by atoms with Gasteiger partial charge in [-0.15, -0.1) is 11.3 Å². The van der Waals surface area contributed by atoms with Gasteiger partial charge in [0.15, 0.2) is 0 Å². The third-order valence-corrected chi connectivity index (χ3v) is 5.75. The summed E-state index contributed by atoms with van der Waals surface area (Å²) in [4.78, 5) is 14.3. The first-order valence-electron chi connectivity index (χ1n) is 5.61. The molecule has 1 aliphatic heterocycles. The predicted molar refractivity (Wildman–Crippen MR) is 74.6 cm³/mol. The SMILES string of the molecule is Cc1csc(C(=O)N2CCN(S(N)(=O)=O)CC2)c1Cl. The number of nitrogens with two attached hydrogens (primary N) is 1. The lowest BCUT2D eigenvalue weighted by atomic mass is 10.3. The second kappa shape index (κ2) is 5.37. The first-order chi connectivity index (χ1) is 8.80. The maximum Gasteiger partial charge on any atom is 0.277 e. The molecule has 106 valence electrons. The van der Waals surface area contributed by atoms with Crippen molar-refractivity contribution in [1.29, 1.82) is 0 Å². The average Bonchev–Trinajstić information content (AvgIpc) is 2.68. The Morgan fingerprint density at radius 1 is 1.37 bits per heavy atom. The lowest BCUT2D eigenvalue weighted by molar-refractivity contribution is 0.0703. The standard InChI is InChI=1S/C10H14ClN3O3S2/c1-7-6-18-9(8(7)11)10(15)13-2-4-14(5-3-13)19(12,16)17/h6H,2-5H2,1H3,(H2,12,16,17). The number of halogens is 1. The molecule has 0 unspecified atom stereocenters. The molecule has 2 rings (SSSR count). The van der Waals surface area contributed by atoms with E-state index in [1.54, 1.807) is 4.90 Å². The van der Waals surface area contributed by atoms with Crippen LogP contribution in [0.15, 0.2) is 5.38 Å². The van der Waals surface area contributed by atoms with Gasteiger partial charge < -0.3 is 4.90 Å². The van der Waals surface area contributed by atoms with Crippen molar-refractivity contribution < 1.29 is 13.2 Å². The Bertz CT molecular complexity index is 591. The number of thiophene rings is 1. The van der Waals surface area contributed by atoms with E-state index in [0.29, 0.717) is 23.0 Å². The molecule has 0 atom stereocenters.